The molecule has 2 aromatic carbocycles. The van der Waals surface area contributed by atoms with E-state index in [4.69, 9.17) is 16.9 Å². The van der Waals surface area contributed by atoms with Crippen LogP contribution in [-0.2, 0) is 51.2 Å². The summed E-state index contributed by atoms with van der Waals surface area (Å²) >= 11 is 0. The summed E-state index contributed by atoms with van der Waals surface area (Å²) in [5.41, 5.74) is 13.4. The maximum absolute atomic E-state index is 14.6. The van der Waals surface area contributed by atoms with Gasteiger partial charge in [0.2, 0.25) is 41.4 Å². The zero-order valence-corrected chi connectivity index (χ0v) is 41.2. The van der Waals surface area contributed by atoms with Gasteiger partial charge in [0.1, 0.15) is 42.0 Å². The Morgan fingerprint density at radius 2 is 1.53 bits per heavy atom. The molecule has 2 fully saturated rings. The zero-order chi connectivity index (χ0) is 52.2. The quantitative estimate of drug-likeness (QED) is 0.0494. The Labute approximate surface area is 419 Å². The van der Waals surface area contributed by atoms with Crippen LogP contribution in [0, 0.1) is 5.41 Å². The lowest BCUT2D eigenvalue weighted by atomic mass is 10.0. The number of aromatic nitrogens is 1. The van der Waals surface area contributed by atoms with Gasteiger partial charge in [-0.3, -0.25) is 43.8 Å². The van der Waals surface area contributed by atoms with Crippen molar-refractivity contribution >= 4 is 64.0 Å². The van der Waals surface area contributed by atoms with E-state index in [0.29, 0.717) is 36.9 Å². The smallest absolute Gasteiger partial charge is 0.245 e. The van der Waals surface area contributed by atoms with Crippen LogP contribution in [0.5, 0.6) is 0 Å². The first-order valence-corrected chi connectivity index (χ1v) is 24.9. The van der Waals surface area contributed by atoms with Crippen molar-refractivity contribution < 1.29 is 43.5 Å². The van der Waals surface area contributed by atoms with Crippen molar-refractivity contribution in [1.29, 1.82) is 5.41 Å². The number of hydrogen-bond donors (Lipinski definition) is 13. The van der Waals surface area contributed by atoms with Crippen molar-refractivity contribution in [2.45, 2.75) is 139 Å². The van der Waals surface area contributed by atoms with Gasteiger partial charge in [0.05, 0.1) is 18.7 Å². The van der Waals surface area contributed by atoms with E-state index < -0.39 is 89.7 Å². The number of nitrogens with zero attached hydrogens (tertiary/aromatic N) is 1. The Kier molecular flexibility index (Phi) is 21.9. The molecule has 3 aromatic rings. The standard InChI is InChI=1S/C50H73N13O9/c1-3-4-16-37(54-2)44(67)60-39-21-20-32(64)28-55-22-11-10-18-36(43(51)66)58-47(70)41(25-31-27-57-35-17-9-8-15-34(31)35)61-45(68)38(19-12-23-56-50(52)53)59-46(69)40(24-30-13-6-5-7-14-30)62-48(71)42-26-33(65)29-63(42)49(39)72/h5-9,13-15,17,27,33,36-42,54-55,57,65H,3-4,10-12,16,18-26,28-29H2,1-2H3,(H2,51,66)(H,58,70)(H,59,69)(H,60,67)(H,61,68)(H,62,71)(H4,52,53,56)/t33-,36+,37+,38+,39+,40-,41+,42+/m1/s1. The fraction of sp³-hybridized carbons (Fsp3) is 0.540. The van der Waals surface area contributed by atoms with Gasteiger partial charge in [0, 0.05) is 55.9 Å². The van der Waals surface area contributed by atoms with E-state index in [1.54, 1.807) is 43.6 Å². The summed E-state index contributed by atoms with van der Waals surface area (Å²) in [5, 5.41) is 42.0. The molecule has 2 saturated heterocycles. The van der Waals surface area contributed by atoms with Gasteiger partial charge in [-0.05, 0) is 75.7 Å². The van der Waals surface area contributed by atoms with E-state index in [9.17, 15) is 43.5 Å². The maximum Gasteiger partial charge on any atom is 0.245 e. The third-order valence-electron chi connectivity index (χ3n) is 13.0. The molecule has 0 unspecified atom stereocenters. The molecule has 22 heteroatoms. The number of aromatic amines is 1. The second-order valence-electron chi connectivity index (χ2n) is 18.6. The van der Waals surface area contributed by atoms with Crippen molar-refractivity contribution in [2.75, 3.05) is 33.2 Å². The van der Waals surface area contributed by atoms with Gasteiger partial charge in [0.15, 0.2) is 5.96 Å². The Hall–Kier alpha value is -6.91. The molecular weight excluding hydrogens is 927 g/mol. The van der Waals surface area contributed by atoms with Crippen LogP contribution in [0.4, 0.5) is 0 Å². The summed E-state index contributed by atoms with van der Waals surface area (Å²) in [4.78, 5) is 117. The predicted octanol–water partition coefficient (Wildman–Crippen LogP) is -1.01. The largest absolute Gasteiger partial charge is 0.391 e. The number of para-hydroxylation sites is 1. The van der Waals surface area contributed by atoms with E-state index in [1.807, 2.05) is 31.2 Å². The van der Waals surface area contributed by atoms with Gasteiger partial charge >= 0.3 is 0 Å². The number of aliphatic hydroxyl groups excluding tert-OH is 1. The van der Waals surface area contributed by atoms with Crippen LogP contribution in [-0.4, -0.2) is 150 Å². The molecular formula is C50H73N13O9. The number of likely N-dealkylation sites (N-methyl/N-ethyl adjacent to an activating group) is 1. The maximum atomic E-state index is 14.6. The molecule has 15 N–H and O–H groups in total. The van der Waals surface area contributed by atoms with Crippen LogP contribution in [0.3, 0.4) is 0 Å². The number of nitrogens with one attached hydrogen (secondary N) is 10. The molecule has 0 spiro atoms. The minimum Gasteiger partial charge on any atom is -0.391 e. The number of ketones is 1. The van der Waals surface area contributed by atoms with Crippen LogP contribution in [0.25, 0.3) is 10.9 Å². The second-order valence-corrected chi connectivity index (χ2v) is 18.6. The van der Waals surface area contributed by atoms with Gasteiger partial charge in [-0.25, -0.2) is 0 Å². The third-order valence-corrected chi connectivity index (χ3v) is 13.0. The number of primary amides is 1. The van der Waals surface area contributed by atoms with Crippen molar-refractivity contribution in [2.24, 2.45) is 11.5 Å². The minimum absolute atomic E-state index is 0.0250. The molecule has 0 saturated carbocycles. The van der Waals surface area contributed by atoms with Crippen molar-refractivity contribution in [3.8, 4) is 0 Å². The molecule has 2 aliphatic rings. The fourth-order valence-corrected chi connectivity index (χ4v) is 9.03. The highest BCUT2D eigenvalue weighted by Crippen LogP contribution is 2.23. The van der Waals surface area contributed by atoms with Crippen LogP contribution in [0.1, 0.15) is 88.7 Å². The fourth-order valence-electron chi connectivity index (χ4n) is 9.03. The van der Waals surface area contributed by atoms with Crippen LogP contribution in [0.2, 0.25) is 0 Å². The SMILES string of the molecule is CCCC[C@H](NC)C(=O)N[C@H]1CCC(=O)CNCCCC[C@@H](C(N)=O)NC(=O)[C@H](Cc2c[nH]c3ccccc23)NC(=O)[C@H](CCCNC(=N)N)NC(=O)[C@@H](Cc2ccccc2)NC(=O)[C@@H]2C[C@@H](O)CN2C1=O. The van der Waals surface area contributed by atoms with Crippen LogP contribution in [0.15, 0.2) is 60.8 Å². The highest BCUT2D eigenvalue weighted by molar-refractivity contribution is 5.98. The molecule has 0 bridgehead atoms. The summed E-state index contributed by atoms with van der Waals surface area (Å²) < 4.78 is 0. The molecule has 22 nitrogen and oxygen atoms in total. The highest BCUT2D eigenvalue weighted by atomic mass is 16.3. The molecule has 0 aliphatic carbocycles. The number of aliphatic hydroxyl groups is 1. The number of Topliss-reactive ketones (excluding diaryl/α,β-unsaturated/α-hetero) is 1. The Morgan fingerprint density at radius 1 is 0.847 bits per heavy atom. The van der Waals surface area contributed by atoms with Crippen LogP contribution < -0.4 is 54.0 Å². The monoisotopic (exact) mass is 1000 g/mol. The van der Waals surface area contributed by atoms with E-state index in [2.05, 4.69) is 47.5 Å². The molecule has 3 heterocycles. The topological polar surface area (TPSA) is 348 Å². The number of fused-ring (bicyclic) bond motifs is 2. The van der Waals surface area contributed by atoms with Crippen molar-refractivity contribution in [3.63, 3.8) is 0 Å². The Bertz CT molecular complexity index is 2350. The molecule has 8 atom stereocenters. The number of amides is 7. The minimum atomic E-state index is -1.35. The molecule has 72 heavy (non-hydrogen) atoms. The summed E-state index contributed by atoms with van der Waals surface area (Å²) in [7, 11) is 1.63. The van der Waals surface area contributed by atoms with E-state index in [-0.39, 0.29) is 82.7 Å². The molecule has 0 radical (unpaired) electrons. The predicted molar refractivity (Wildman–Crippen MR) is 270 cm³/mol. The summed E-state index contributed by atoms with van der Waals surface area (Å²) in [6.07, 6.45) is 3.29. The average molecular weight is 1000 g/mol. The summed E-state index contributed by atoms with van der Waals surface area (Å²) in [6, 6.07) is 7.86. The van der Waals surface area contributed by atoms with Gasteiger partial charge in [-0.1, -0.05) is 68.3 Å². The zero-order valence-electron chi connectivity index (χ0n) is 41.2. The number of nitrogens with two attached hydrogens (primary N) is 2. The lowest BCUT2D eigenvalue weighted by Gasteiger charge is -2.31. The lowest BCUT2D eigenvalue weighted by Crippen LogP contribution is -2.60. The number of carbonyl (C=O) groups is 8. The number of rotatable bonds is 15. The number of carbonyl (C=O) groups excluding carboxylic acids is 8. The lowest BCUT2D eigenvalue weighted by molar-refractivity contribution is -0.142. The summed E-state index contributed by atoms with van der Waals surface area (Å²) in [5.74, 6) is -5.57. The van der Waals surface area contributed by atoms with Gasteiger partial charge in [-0.15, -0.1) is 0 Å². The van der Waals surface area contributed by atoms with Crippen molar-refractivity contribution in [3.05, 3.63) is 71.9 Å². The third kappa shape index (κ3) is 16.9. The molecule has 7 amide bonds. The number of guanidine groups is 1. The normalized spacial score (nSPS) is 24.1. The second kappa shape index (κ2) is 28.2. The molecule has 5 rings (SSSR count). The Balaban J connectivity index is 1.51. The number of H-pyrrole nitrogens is 1. The van der Waals surface area contributed by atoms with Crippen LogP contribution >= 0.6 is 0 Å². The van der Waals surface area contributed by atoms with Gasteiger partial charge in [-0.2, -0.15) is 0 Å². The Morgan fingerprint density at radius 3 is 2.25 bits per heavy atom. The molecule has 1 aromatic heterocycles. The van der Waals surface area contributed by atoms with Crippen molar-refractivity contribution in [1.82, 2.24) is 52.4 Å². The first kappa shape index (κ1) is 56.0. The van der Waals surface area contributed by atoms with E-state index >= 15 is 0 Å². The van der Waals surface area contributed by atoms with Gasteiger partial charge in [0.25, 0.3) is 0 Å². The average Bonchev–Trinajstić information content (AvgIpc) is 3.96. The number of benzene rings is 2. The first-order chi connectivity index (χ1) is 34.6. The molecule has 392 valence electrons. The summed E-state index contributed by atoms with van der Waals surface area (Å²) in [6.45, 7) is 2.15. The number of hydrogen-bond acceptors (Lipinski definition) is 12. The highest BCUT2D eigenvalue weighted by Gasteiger charge is 2.43. The number of unbranched alkanes of at least 4 members (excludes halogenated alkanes) is 1. The first-order valence-electron chi connectivity index (χ1n) is 24.9. The van der Waals surface area contributed by atoms with E-state index in [1.165, 1.54) is 4.90 Å². The van der Waals surface area contributed by atoms with Gasteiger partial charge < -0.3 is 69.0 Å². The van der Waals surface area contributed by atoms with E-state index in [0.717, 1.165) is 23.7 Å². The molecule has 2 aliphatic heterocycles.